The highest BCUT2D eigenvalue weighted by molar-refractivity contribution is 7.98. The number of nitrogens with one attached hydrogen (secondary N) is 1. The predicted octanol–water partition coefficient (Wildman–Crippen LogP) is 2.74. The van der Waals surface area contributed by atoms with Gasteiger partial charge in [0, 0.05) is 11.8 Å². The first-order valence-electron chi connectivity index (χ1n) is 5.19. The summed E-state index contributed by atoms with van der Waals surface area (Å²) in [7, 11) is 0. The molecule has 0 amide bonds. The molecule has 0 aliphatic rings. The van der Waals surface area contributed by atoms with Gasteiger partial charge in [0.15, 0.2) is 10.8 Å². The Balaban J connectivity index is 2.19. The maximum absolute atomic E-state index is 4.35. The molecule has 0 spiro atoms. The van der Waals surface area contributed by atoms with Crippen LogP contribution in [0.2, 0.25) is 0 Å². The van der Waals surface area contributed by atoms with Crippen molar-refractivity contribution in [2.45, 2.75) is 5.16 Å². The molecule has 0 radical (unpaired) electrons. The van der Waals surface area contributed by atoms with Gasteiger partial charge in [-0.15, -0.1) is 0 Å². The zero-order chi connectivity index (χ0) is 11.7. The highest BCUT2D eigenvalue weighted by atomic mass is 32.2. The molecule has 84 valence electrons. The Morgan fingerprint density at radius 3 is 2.76 bits per heavy atom. The second-order valence-electron chi connectivity index (χ2n) is 3.56. The minimum Gasteiger partial charge on any atom is -0.275 e. The highest BCUT2D eigenvalue weighted by Gasteiger charge is 2.09. The van der Waals surface area contributed by atoms with Crippen LogP contribution in [0.25, 0.3) is 22.3 Å². The molecule has 4 nitrogen and oxygen atoms in total. The molecular formula is C12H10N4S. The lowest BCUT2D eigenvalue weighted by molar-refractivity contribution is 0.984. The Bertz CT molecular complexity index is 648. The van der Waals surface area contributed by atoms with E-state index in [0.717, 1.165) is 21.8 Å². The summed E-state index contributed by atoms with van der Waals surface area (Å²) in [6.45, 7) is 0. The Morgan fingerprint density at radius 1 is 1.18 bits per heavy atom. The normalized spacial score (nSPS) is 10.9. The fourth-order valence-electron chi connectivity index (χ4n) is 1.71. The molecule has 0 saturated carbocycles. The zero-order valence-electron chi connectivity index (χ0n) is 9.21. The molecule has 1 N–H and O–H groups in total. The van der Waals surface area contributed by atoms with Gasteiger partial charge in [0.2, 0.25) is 0 Å². The SMILES string of the molecule is CSc1ncc2c(-c3ccccc3)[nH]nc2n1. The van der Waals surface area contributed by atoms with E-state index in [4.69, 9.17) is 0 Å². The number of aromatic amines is 1. The van der Waals surface area contributed by atoms with E-state index in [2.05, 4.69) is 20.2 Å². The molecule has 0 fully saturated rings. The van der Waals surface area contributed by atoms with Crippen molar-refractivity contribution in [2.24, 2.45) is 0 Å². The van der Waals surface area contributed by atoms with Gasteiger partial charge in [-0.1, -0.05) is 42.1 Å². The average Bonchev–Trinajstić information content (AvgIpc) is 2.82. The fourth-order valence-corrected chi connectivity index (χ4v) is 2.05. The van der Waals surface area contributed by atoms with Gasteiger partial charge < -0.3 is 0 Å². The van der Waals surface area contributed by atoms with Crippen LogP contribution >= 0.6 is 11.8 Å². The first kappa shape index (κ1) is 10.3. The summed E-state index contributed by atoms with van der Waals surface area (Å²) in [5.41, 5.74) is 2.77. The molecule has 0 saturated heterocycles. The van der Waals surface area contributed by atoms with Crippen molar-refractivity contribution in [2.75, 3.05) is 6.26 Å². The molecular weight excluding hydrogens is 232 g/mol. The summed E-state index contributed by atoms with van der Waals surface area (Å²) in [5, 5.41) is 8.93. The van der Waals surface area contributed by atoms with E-state index in [1.165, 1.54) is 11.8 Å². The topological polar surface area (TPSA) is 54.5 Å². The van der Waals surface area contributed by atoms with Crippen LogP contribution in [0.15, 0.2) is 41.7 Å². The minimum absolute atomic E-state index is 0.711. The summed E-state index contributed by atoms with van der Waals surface area (Å²) in [4.78, 5) is 8.62. The second-order valence-corrected chi connectivity index (χ2v) is 4.33. The van der Waals surface area contributed by atoms with E-state index in [9.17, 15) is 0 Å². The van der Waals surface area contributed by atoms with Crippen molar-refractivity contribution in [3.8, 4) is 11.3 Å². The van der Waals surface area contributed by atoms with Gasteiger partial charge >= 0.3 is 0 Å². The smallest absolute Gasteiger partial charge is 0.189 e. The predicted molar refractivity (Wildman–Crippen MR) is 68.9 cm³/mol. The first-order valence-corrected chi connectivity index (χ1v) is 6.41. The van der Waals surface area contributed by atoms with E-state index in [1.807, 2.05) is 42.8 Å². The number of benzene rings is 1. The monoisotopic (exact) mass is 242 g/mol. The Labute approximate surface area is 102 Å². The van der Waals surface area contributed by atoms with Crippen molar-refractivity contribution >= 4 is 22.8 Å². The molecule has 2 aromatic heterocycles. The third kappa shape index (κ3) is 1.78. The summed E-state index contributed by atoms with van der Waals surface area (Å²) < 4.78 is 0. The fraction of sp³-hybridized carbons (Fsp3) is 0.0833. The van der Waals surface area contributed by atoms with Crippen LogP contribution in [0, 0.1) is 0 Å². The number of fused-ring (bicyclic) bond motifs is 1. The van der Waals surface area contributed by atoms with E-state index < -0.39 is 0 Å². The number of nitrogens with zero attached hydrogens (tertiary/aromatic N) is 3. The third-order valence-electron chi connectivity index (χ3n) is 2.53. The lowest BCUT2D eigenvalue weighted by atomic mass is 10.1. The van der Waals surface area contributed by atoms with E-state index in [-0.39, 0.29) is 0 Å². The van der Waals surface area contributed by atoms with Crippen molar-refractivity contribution in [3.63, 3.8) is 0 Å². The van der Waals surface area contributed by atoms with Crippen molar-refractivity contribution in [1.29, 1.82) is 0 Å². The summed E-state index contributed by atoms with van der Waals surface area (Å²) >= 11 is 1.51. The van der Waals surface area contributed by atoms with Gasteiger partial charge in [-0.2, -0.15) is 5.10 Å². The molecule has 0 aliphatic carbocycles. The minimum atomic E-state index is 0.711. The number of hydrogen-bond donors (Lipinski definition) is 1. The van der Waals surface area contributed by atoms with Gasteiger partial charge in [0.25, 0.3) is 0 Å². The Morgan fingerprint density at radius 2 is 2.00 bits per heavy atom. The van der Waals surface area contributed by atoms with Crippen LogP contribution < -0.4 is 0 Å². The van der Waals surface area contributed by atoms with Gasteiger partial charge in [-0.25, -0.2) is 9.97 Å². The molecule has 0 aliphatic heterocycles. The first-order chi connectivity index (χ1) is 8.38. The molecule has 2 heterocycles. The summed E-state index contributed by atoms with van der Waals surface area (Å²) in [6, 6.07) is 10.1. The van der Waals surface area contributed by atoms with E-state index >= 15 is 0 Å². The van der Waals surface area contributed by atoms with Crippen LogP contribution in [0.3, 0.4) is 0 Å². The largest absolute Gasteiger partial charge is 0.275 e. The van der Waals surface area contributed by atoms with Crippen LogP contribution in [0.5, 0.6) is 0 Å². The van der Waals surface area contributed by atoms with Crippen molar-refractivity contribution in [1.82, 2.24) is 20.2 Å². The number of H-pyrrole nitrogens is 1. The second kappa shape index (κ2) is 4.18. The number of aromatic nitrogens is 4. The zero-order valence-corrected chi connectivity index (χ0v) is 10.0. The van der Waals surface area contributed by atoms with E-state index in [0.29, 0.717) is 5.65 Å². The van der Waals surface area contributed by atoms with Gasteiger partial charge in [0.05, 0.1) is 11.1 Å². The number of rotatable bonds is 2. The molecule has 0 bridgehead atoms. The Kier molecular flexibility index (Phi) is 2.53. The van der Waals surface area contributed by atoms with Crippen LogP contribution in [-0.4, -0.2) is 26.4 Å². The highest BCUT2D eigenvalue weighted by Crippen LogP contribution is 2.25. The summed E-state index contributed by atoms with van der Waals surface area (Å²) in [5.74, 6) is 0. The molecule has 0 unspecified atom stereocenters. The van der Waals surface area contributed by atoms with Crippen LogP contribution in [-0.2, 0) is 0 Å². The molecule has 3 rings (SSSR count). The van der Waals surface area contributed by atoms with Crippen LogP contribution in [0.1, 0.15) is 0 Å². The number of hydrogen-bond acceptors (Lipinski definition) is 4. The quantitative estimate of drug-likeness (QED) is 0.554. The molecule has 5 heteroatoms. The Hall–Kier alpha value is -1.88. The van der Waals surface area contributed by atoms with Gasteiger partial charge in [0.1, 0.15) is 0 Å². The third-order valence-corrected chi connectivity index (χ3v) is 3.10. The van der Waals surface area contributed by atoms with E-state index in [1.54, 1.807) is 0 Å². The standard InChI is InChI=1S/C12H10N4S/c1-17-12-13-7-9-10(15-16-11(9)14-12)8-5-3-2-4-6-8/h2-7H,1H3,(H,13,14,15,16). The molecule has 17 heavy (non-hydrogen) atoms. The molecule has 1 aromatic carbocycles. The maximum Gasteiger partial charge on any atom is 0.189 e. The van der Waals surface area contributed by atoms with Crippen molar-refractivity contribution < 1.29 is 0 Å². The lowest BCUT2D eigenvalue weighted by Crippen LogP contribution is -1.85. The van der Waals surface area contributed by atoms with Gasteiger partial charge in [-0.3, -0.25) is 5.10 Å². The van der Waals surface area contributed by atoms with Crippen molar-refractivity contribution in [3.05, 3.63) is 36.5 Å². The maximum atomic E-state index is 4.35. The molecule has 0 atom stereocenters. The van der Waals surface area contributed by atoms with Crippen LogP contribution in [0.4, 0.5) is 0 Å². The van der Waals surface area contributed by atoms with Gasteiger partial charge in [-0.05, 0) is 6.26 Å². The summed E-state index contributed by atoms with van der Waals surface area (Å²) in [6.07, 6.45) is 3.77. The lowest BCUT2D eigenvalue weighted by Gasteiger charge is -1.97. The number of thioether (sulfide) groups is 1. The molecule has 3 aromatic rings. The average molecular weight is 242 g/mol.